The van der Waals surface area contributed by atoms with Crippen LogP contribution >= 0.6 is 0 Å². The lowest BCUT2D eigenvalue weighted by atomic mass is 10.1. The molecule has 0 saturated carbocycles. The van der Waals surface area contributed by atoms with E-state index in [4.69, 9.17) is 9.94 Å². The molecule has 2 aromatic carbocycles. The second-order valence-corrected chi connectivity index (χ2v) is 4.56. The number of hydrogen-bond acceptors (Lipinski definition) is 4. The first-order valence-electron chi connectivity index (χ1n) is 6.46. The number of aliphatic hydroxyl groups is 1. The van der Waals surface area contributed by atoms with Gasteiger partial charge in [0.05, 0.1) is 5.71 Å². The Morgan fingerprint density at radius 2 is 1.95 bits per heavy atom. The van der Waals surface area contributed by atoms with Gasteiger partial charge in [0, 0.05) is 11.6 Å². The van der Waals surface area contributed by atoms with Crippen molar-refractivity contribution in [1.82, 2.24) is 0 Å². The fourth-order valence-electron chi connectivity index (χ4n) is 1.91. The normalized spacial score (nSPS) is 13.0. The molecule has 0 saturated heterocycles. The van der Waals surface area contributed by atoms with Crippen LogP contribution in [0.15, 0.2) is 53.7 Å². The number of hydrogen-bond donors (Lipinski definition) is 2. The summed E-state index contributed by atoms with van der Waals surface area (Å²) in [5.41, 5.74) is 1.49. The van der Waals surface area contributed by atoms with Crippen molar-refractivity contribution in [3.63, 3.8) is 0 Å². The van der Waals surface area contributed by atoms with Crippen molar-refractivity contribution in [2.24, 2.45) is 5.16 Å². The summed E-state index contributed by atoms with van der Waals surface area (Å²) in [7, 11) is 0. The van der Waals surface area contributed by atoms with Crippen molar-refractivity contribution >= 4 is 5.71 Å². The molecule has 2 rings (SSSR count). The van der Waals surface area contributed by atoms with Crippen LogP contribution in [0.25, 0.3) is 0 Å². The number of nitrogens with zero attached hydrogens (tertiary/aromatic N) is 1. The number of ether oxygens (including phenoxy) is 1. The van der Waals surface area contributed by atoms with Gasteiger partial charge >= 0.3 is 0 Å². The van der Waals surface area contributed by atoms with E-state index >= 15 is 0 Å². The lowest BCUT2D eigenvalue weighted by Gasteiger charge is -2.15. The lowest BCUT2D eigenvalue weighted by Crippen LogP contribution is -2.11. The van der Waals surface area contributed by atoms with E-state index in [1.807, 2.05) is 18.2 Å². The first-order chi connectivity index (χ1) is 10.1. The van der Waals surface area contributed by atoms with Crippen LogP contribution in [-0.2, 0) is 0 Å². The van der Waals surface area contributed by atoms with Crippen LogP contribution < -0.4 is 4.74 Å². The van der Waals surface area contributed by atoms with Crippen LogP contribution in [0.5, 0.6) is 5.75 Å². The zero-order valence-corrected chi connectivity index (χ0v) is 11.5. The topological polar surface area (TPSA) is 62.1 Å². The maximum absolute atomic E-state index is 13.3. The minimum atomic E-state index is -0.825. The molecule has 0 fully saturated rings. The van der Waals surface area contributed by atoms with E-state index in [0.717, 1.165) is 0 Å². The smallest absolute Gasteiger partial charge is 0.131 e. The van der Waals surface area contributed by atoms with Gasteiger partial charge in [0.15, 0.2) is 0 Å². The molecule has 5 heteroatoms. The van der Waals surface area contributed by atoms with Crippen molar-refractivity contribution in [2.75, 3.05) is 6.61 Å². The lowest BCUT2D eigenvalue weighted by molar-refractivity contribution is 0.108. The number of oxime groups is 1. The summed E-state index contributed by atoms with van der Waals surface area (Å²) in [6.07, 6.45) is -0.825. The summed E-state index contributed by atoms with van der Waals surface area (Å²) in [5, 5.41) is 22.0. The molecule has 0 spiro atoms. The molecule has 0 amide bonds. The zero-order chi connectivity index (χ0) is 15.2. The molecule has 110 valence electrons. The van der Waals surface area contributed by atoms with Gasteiger partial charge in [-0.05, 0) is 24.6 Å². The van der Waals surface area contributed by atoms with Crippen LogP contribution in [0.1, 0.15) is 24.2 Å². The molecule has 1 unspecified atom stereocenters. The van der Waals surface area contributed by atoms with Gasteiger partial charge in [-0.15, -0.1) is 0 Å². The predicted octanol–water partition coefficient (Wildman–Crippen LogP) is 3.14. The largest absolute Gasteiger partial charge is 0.490 e. The SMILES string of the molecule is CC(=NO)c1ccc(F)cc1OCC(O)c1ccccc1. The second-order valence-electron chi connectivity index (χ2n) is 4.56. The summed E-state index contributed by atoms with van der Waals surface area (Å²) in [6.45, 7) is 1.55. The first-order valence-corrected chi connectivity index (χ1v) is 6.46. The number of halogens is 1. The highest BCUT2D eigenvalue weighted by Crippen LogP contribution is 2.23. The van der Waals surface area contributed by atoms with Crippen molar-refractivity contribution in [3.8, 4) is 5.75 Å². The van der Waals surface area contributed by atoms with Crippen molar-refractivity contribution in [3.05, 3.63) is 65.5 Å². The van der Waals surface area contributed by atoms with E-state index in [0.29, 0.717) is 16.8 Å². The van der Waals surface area contributed by atoms with Crippen LogP contribution in [0, 0.1) is 5.82 Å². The average molecular weight is 289 g/mol. The molecule has 0 bridgehead atoms. The molecule has 2 N–H and O–H groups in total. The van der Waals surface area contributed by atoms with E-state index in [1.54, 1.807) is 19.1 Å². The number of rotatable bonds is 5. The van der Waals surface area contributed by atoms with Gasteiger partial charge in [0.1, 0.15) is 24.3 Å². The highest BCUT2D eigenvalue weighted by atomic mass is 19.1. The predicted molar refractivity (Wildman–Crippen MR) is 77.3 cm³/mol. The van der Waals surface area contributed by atoms with Crippen molar-refractivity contribution in [2.45, 2.75) is 13.0 Å². The zero-order valence-electron chi connectivity index (χ0n) is 11.5. The molecule has 0 aliphatic carbocycles. The molecule has 0 aliphatic rings. The average Bonchev–Trinajstić information content (AvgIpc) is 2.52. The Bertz CT molecular complexity index is 629. The molecule has 1 atom stereocenters. The van der Waals surface area contributed by atoms with Crippen LogP contribution in [0.4, 0.5) is 4.39 Å². The Labute approximate surface area is 122 Å². The Kier molecular flexibility index (Phi) is 4.90. The Morgan fingerprint density at radius 1 is 1.24 bits per heavy atom. The summed E-state index contributed by atoms with van der Waals surface area (Å²) < 4.78 is 18.8. The molecule has 0 radical (unpaired) electrons. The van der Waals surface area contributed by atoms with Gasteiger partial charge < -0.3 is 15.1 Å². The van der Waals surface area contributed by atoms with Crippen molar-refractivity contribution < 1.29 is 19.4 Å². The minimum absolute atomic E-state index is 0.0286. The quantitative estimate of drug-likeness (QED) is 0.505. The van der Waals surface area contributed by atoms with E-state index < -0.39 is 11.9 Å². The standard InChI is InChI=1S/C16H16FNO3/c1-11(18-20)14-8-7-13(17)9-16(14)21-10-15(19)12-5-3-2-4-6-12/h2-9,15,19-20H,10H2,1H3. The molecule has 0 aliphatic heterocycles. The fourth-order valence-corrected chi connectivity index (χ4v) is 1.91. The third kappa shape index (κ3) is 3.79. The number of benzene rings is 2. The molecule has 0 heterocycles. The minimum Gasteiger partial charge on any atom is -0.490 e. The Balaban J connectivity index is 2.14. The third-order valence-electron chi connectivity index (χ3n) is 3.06. The Morgan fingerprint density at radius 3 is 2.62 bits per heavy atom. The maximum Gasteiger partial charge on any atom is 0.131 e. The van der Waals surface area contributed by atoms with Gasteiger partial charge in [0.25, 0.3) is 0 Å². The molecular weight excluding hydrogens is 273 g/mol. The van der Waals surface area contributed by atoms with Crippen LogP contribution in [-0.4, -0.2) is 22.6 Å². The summed E-state index contributed by atoms with van der Waals surface area (Å²) in [5.74, 6) is -0.242. The van der Waals surface area contributed by atoms with Gasteiger partial charge in [-0.1, -0.05) is 35.5 Å². The number of aliphatic hydroxyl groups excluding tert-OH is 1. The maximum atomic E-state index is 13.3. The molecule has 2 aromatic rings. The van der Waals surface area contributed by atoms with E-state index in [1.165, 1.54) is 18.2 Å². The highest BCUT2D eigenvalue weighted by molar-refractivity contribution is 6.00. The van der Waals surface area contributed by atoms with Gasteiger partial charge in [-0.2, -0.15) is 0 Å². The highest BCUT2D eigenvalue weighted by Gasteiger charge is 2.12. The molecule has 4 nitrogen and oxygen atoms in total. The molecule has 21 heavy (non-hydrogen) atoms. The third-order valence-corrected chi connectivity index (χ3v) is 3.06. The Hall–Kier alpha value is -2.40. The first kappa shape index (κ1) is 15.0. The van der Waals surface area contributed by atoms with Gasteiger partial charge in [0.2, 0.25) is 0 Å². The fraction of sp³-hybridized carbons (Fsp3) is 0.188. The van der Waals surface area contributed by atoms with E-state index in [-0.39, 0.29) is 12.4 Å². The van der Waals surface area contributed by atoms with E-state index in [2.05, 4.69) is 5.16 Å². The van der Waals surface area contributed by atoms with Crippen molar-refractivity contribution in [1.29, 1.82) is 0 Å². The molecular formula is C16H16FNO3. The summed E-state index contributed by atoms with van der Waals surface area (Å²) in [4.78, 5) is 0. The summed E-state index contributed by atoms with van der Waals surface area (Å²) >= 11 is 0. The van der Waals surface area contributed by atoms with Gasteiger partial charge in [-0.3, -0.25) is 0 Å². The van der Waals surface area contributed by atoms with Crippen LogP contribution in [0.3, 0.4) is 0 Å². The van der Waals surface area contributed by atoms with E-state index in [9.17, 15) is 9.50 Å². The second kappa shape index (κ2) is 6.85. The monoisotopic (exact) mass is 289 g/mol. The molecule has 0 aromatic heterocycles. The van der Waals surface area contributed by atoms with Crippen LogP contribution in [0.2, 0.25) is 0 Å². The van der Waals surface area contributed by atoms with Gasteiger partial charge in [-0.25, -0.2) is 4.39 Å². The summed E-state index contributed by atoms with van der Waals surface area (Å²) in [6, 6.07) is 13.0.